The summed E-state index contributed by atoms with van der Waals surface area (Å²) in [5, 5.41) is 17.4. The summed E-state index contributed by atoms with van der Waals surface area (Å²) in [6, 6.07) is 3.71. The highest BCUT2D eigenvalue weighted by molar-refractivity contribution is 7.72. The Hall–Kier alpha value is -1.69. The Morgan fingerprint density at radius 1 is 1.21 bits per heavy atom. The molecular formula is C14H22N2O11P2. The monoisotopic (exact) mass is 456 g/mol. The maximum absolute atomic E-state index is 11.3. The minimum absolute atomic E-state index is 0.0207. The average Bonchev–Trinajstić information content (AvgIpc) is 2.61. The maximum Gasteiger partial charge on any atom is 0.369 e. The smallest absolute Gasteiger partial charge is 0.369 e. The van der Waals surface area contributed by atoms with Crippen LogP contribution >= 0.6 is 15.2 Å². The van der Waals surface area contributed by atoms with Gasteiger partial charge in [-0.1, -0.05) is 0 Å². The lowest BCUT2D eigenvalue weighted by Gasteiger charge is -2.30. The van der Waals surface area contributed by atoms with Crippen LogP contribution < -0.4 is 4.74 Å². The lowest BCUT2D eigenvalue weighted by molar-refractivity contribution is -0.385. The Kier molecular flexibility index (Phi) is 8.63. The fourth-order valence-corrected chi connectivity index (χ4v) is 4.44. The molecule has 5 N–H and O–H groups in total. The molecule has 0 radical (unpaired) electrons. The van der Waals surface area contributed by atoms with Crippen molar-refractivity contribution in [3.63, 3.8) is 0 Å². The minimum atomic E-state index is -5.51. The Balaban J connectivity index is 2.60. The van der Waals surface area contributed by atoms with E-state index in [2.05, 4.69) is 0 Å². The van der Waals surface area contributed by atoms with Gasteiger partial charge in [0.15, 0.2) is 5.75 Å². The summed E-state index contributed by atoms with van der Waals surface area (Å²) >= 11 is 0. The van der Waals surface area contributed by atoms with E-state index in [0.717, 1.165) is 6.07 Å². The van der Waals surface area contributed by atoms with E-state index in [1.54, 1.807) is 0 Å². The predicted octanol–water partition coefficient (Wildman–Crippen LogP) is 0.500. The van der Waals surface area contributed by atoms with Gasteiger partial charge in [0.1, 0.15) is 6.29 Å². The van der Waals surface area contributed by atoms with Crippen molar-refractivity contribution in [2.75, 3.05) is 26.7 Å². The molecule has 0 fully saturated rings. The standard InChI is InChI=1S/C14H22N2O11P2/c1-15(7-5-14(18,28(21,22)23)29(24,25)26)6-2-8-27-13-4-3-11(10-17)9-12(13)16(19)20/h3-4,9-10,18H,2,5-8H2,1H3,(H2,21,22,23)(H2,24,25,26). The zero-order valence-corrected chi connectivity index (χ0v) is 17.1. The Labute approximate surface area is 165 Å². The van der Waals surface area contributed by atoms with Gasteiger partial charge in [-0.05, 0) is 25.6 Å². The molecular weight excluding hydrogens is 434 g/mol. The number of carbonyl (C=O) groups is 1. The number of nitro benzene ring substituents is 1. The number of rotatable bonds is 12. The van der Waals surface area contributed by atoms with Crippen LogP contribution in [0.25, 0.3) is 0 Å². The summed E-state index contributed by atoms with van der Waals surface area (Å²) in [5.41, 5.74) is -0.261. The average molecular weight is 456 g/mol. The summed E-state index contributed by atoms with van der Waals surface area (Å²) in [6.07, 6.45) is -0.118. The van der Waals surface area contributed by atoms with Gasteiger partial charge < -0.3 is 34.3 Å². The first kappa shape index (κ1) is 25.3. The zero-order valence-electron chi connectivity index (χ0n) is 15.3. The van der Waals surface area contributed by atoms with E-state index in [9.17, 15) is 29.1 Å². The highest BCUT2D eigenvalue weighted by atomic mass is 31.2. The molecule has 13 nitrogen and oxygen atoms in total. The summed E-state index contributed by atoms with van der Waals surface area (Å²) in [7, 11) is -9.53. The number of aldehydes is 1. The molecule has 0 aliphatic heterocycles. The molecule has 0 saturated heterocycles. The molecule has 0 bridgehead atoms. The number of hydrogen-bond donors (Lipinski definition) is 5. The number of aliphatic hydroxyl groups is 1. The number of carbonyl (C=O) groups excluding carboxylic acids is 1. The van der Waals surface area contributed by atoms with Crippen molar-refractivity contribution in [2.24, 2.45) is 0 Å². The van der Waals surface area contributed by atoms with Gasteiger partial charge >= 0.3 is 20.9 Å². The van der Waals surface area contributed by atoms with Gasteiger partial charge in [-0.2, -0.15) is 0 Å². The lowest BCUT2D eigenvalue weighted by atomic mass is 10.2. The third-order valence-corrected chi connectivity index (χ3v) is 7.90. The summed E-state index contributed by atoms with van der Waals surface area (Å²) in [5.74, 6) is -0.0411. The molecule has 0 unspecified atom stereocenters. The van der Waals surface area contributed by atoms with Gasteiger partial charge in [0.2, 0.25) is 0 Å². The normalized spacial score (nSPS) is 12.8. The molecule has 0 aliphatic rings. The van der Waals surface area contributed by atoms with E-state index < -0.39 is 31.6 Å². The molecule has 0 atom stereocenters. The molecule has 0 aromatic heterocycles. The molecule has 1 rings (SSSR count). The number of nitrogens with zero attached hydrogens (tertiary/aromatic N) is 2. The number of nitro groups is 1. The van der Waals surface area contributed by atoms with Crippen molar-refractivity contribution in [3.8, 4) is 5.75 Å². The minimum Gasteiger partial charge on any atom is -0.487 e. The Morgan fingerprint density at radius 2 is 1.79 bits per heavy atom. The maximum atomic E-state index is 11.3. The summed E-state index contributed by atoms with van der Waals surface area (Å²) < 4.78 is 27.9. The first-order chi connectivity index (χ1) is 13.2. The quantitative estimate of drug-likeness (QED) is 0.0957. The number of benzene rings is 1. The molecule has 0 amide bonds. The van der Waals surface area contributed by atoms with Crippen LogP contribution in [0.5, 0.6) is 5.75 Å². The fourth-order valence-electron chi connectivity index (χ4n) is 2.30. The molecule has 0 aliphatic carbocycles. The molecule has 0 heterocycles. The highest BCUT2D eigenvalue weighted by Gasteiger charge is 2.58. The highest BCUT2D eigenvalue weighted by Crippen LogP contribution is 2.68. The summed E-state index contributed by atoms with van der Waals surface area (Å²) in [4.78, 5) is 58.8. The van der Waals surface area contributed by atoms with Gasteiger partial charge in [-0.3, -0.25) is 24.0 Å². The second kappa shape index (κ2) is 9.88. The van der Waals surface area contributed by atoms with Crippen LogP contribution in [0.15, 0.2) is 18.2 Å². The van der Waals surface area contributed by atoms with Crippen molar-refractivity contribution in [1.29, 1.82) is 0 Å². The second-order valence-corrected chi connectivity index (χ2v) is 10.2. The van der Waals surface area contributed by atoms with Crippen LogP contribution in [0.2, 0.25) is 0 Å². The molecule has 164 valence electrons. The van der Waals surface area contributed by atoms with E-state index in [1.807, 2.05) is 0 Å². The molecule has 29 heavy (non-hydrogen) atoms. The van der Waals surface area contributed by atoms with Gasteiger partial charge in [-0.15, -0.1) is 0 Å². The van der Waals surface area contributed by atoms with Crippen molar-refractivity contribution in [2.45, 2.75) is 17.9 Å². The molecule has 0 spiro atoms. The van der Waals surface area contributed by atoms with Gasteiger partial charge in [0.25, 0.3) is 5.08 Å². The van der Waals surface area contributed by atoms with Crippen molar-refractivity contribution < 1.29 is 48.3 Å². The van der Waals surface area contributed by atoms with E-state index >= 15 is 0 Å². The Bertz CT molecular complexity index is 813. The predicted molar refractivity (Wildman–Crippen MR) is 99.7 cm³/mol. The van der Waals surface area contributed by atoms with Crippen LogP contribution in [0.3, 0.4) is 0 Å². The van der Waals surface area contributed by atoms with Crippen LogP contribution in [-0.4, -0.2) is 72.6 Å². The van der Waals surface area contributed by atoms with E-state index in [1.165, 1.54) is 24.1 Å². The Morgan fingerprint density at radius 3 is 2.28 bits per heavy atom. The third kappa shape index (κ3) is 6.66. The molecule has 1 aromatic rings. The van der Waals surface area contributed by atoms with Crippen LogP contribution in [0, 0.1) is 10.1 Å². The largest absolute Gasteiger partial charge is 0.487 e. The number of ether oxygens (including phenoxy) is 1. The van der Waals surface area contributed by atoms with Crippen molar-refractivity contribution in [1.82, 2.24) is 4.90 Å². The fraction of sp³-hybridized carbons (Fsp3) is 0.500. The molecule has 1 aromatic carbocycles. The molecule has 0 saturated carbocycles. The zero-order chi connectivity index (χ0) is 22.5. The summed E-state index contributed by atoms with van der Waals surface area (Å²) in [6.45, 7) is 0.00634. The van der Waals surface area contributed by atoms with Crippen molar-refractivity contribution in [3.05, 3.63) is 33.9 Å². The second-order valence-electron chi connectivity index (χ2n) is 6.22. The van der Waals surface area contributed by atoms with Gasteiger partial charge in [0.05, 0.1) is 11.5 Å². The lowest BCUT2D eigenvalue weighted by Crippen LogP contribution is -2.34. The first-order valence-corrected chi connectivity index (χ1v) is 11.3. The van der Waals surface area contributed by atoms with Crippen LogP contribution in [-0.2, 0) is 9.13 Å². The van der Waals surface area contributed by atoms with Gasteiger partial charge in [-0.25, -0.2) is 0 Å². The topological polar surface area (TPSA) is 208 Å². The van der Waals surface area contributed by atoms with Crippen LogP contribution in [0.4, 0.5) is 5.69 Å². The first-order valence-electron chi connectivity index (χ1n) is 8.11. The van der Waals surface area contributed by atoms with Gasteiger partial charge in [0, 0.05) is 31.1 Å². The van der Waals surface area contributed by atoms with Crippen LogP contribution in [0.1, 0.15) is 23.2 Å². The molecule has 15 heteroatoms. The number of hydrogen-bond acceptors (Lipinski definition) is 8. The van der Waals surface area contributed by atoms with E-state index in [-0.39, 0.29) is 36.7 Å². The van der Waals surface area contributed by atoms with Crippen molar-refractivity contribution >= 4 is 27.2 Å². The van der Waals surface area contributed by atoms with E-state index in [0.29, 0.717) is 12.7 Å². The third-order valence-electron chi connectivity index (χ3n) is 4.02. The van der Waals surface area contributed by atoms with E-state index in [4.69, 9.17) is 24.3 Å². The SMILES string of the molecule is CN(CCCOc1ccc(C=O)cc1[N+](=O)[O-])CCC(O)(P(=O)(O)O)P(=O)(O)O.